The van der Waals surface area contributed by atoms with Crippen LogP contribution in [0.4, 0.5) is 0 Å². The number of aliphatic hydroxyl groups excluding tert-OH is 1. The van der Waals surface area contributed by atoms with Crippen LogP contribution in [0.15, 0.2) is 24.3 Å². The molecule has 1 aliphatic rings. The third-order valence-corrected chi connectivity index (χ3v) is 4.09. The van der Waals surface area contributed by atoms with Crippen LogP contribution in [0.5, 0.6) is 0 Å². The van der Waals surface area contributed by atoms with Crippen LogP contribution in [0.25, 0.3) is 0 Å². The van der Waals surface area contributed by atoms with Crippen LogP contribution in [-0.4, -0.2) is 29.1 Å². The SMILES string of the molecule is O=C(CCCc1ccc(I)cc1)OC1C(=O)CCC1O. The van der Waals surface area contributed by atoms with Crippen molar-refractivity contribution in [1.29, 1.82) is 0 Å². The molecule has 5 heteroatoms. The molecule has 1 aromatic rings. The topological polar surface area (TPSA) is 63.6 Å². The van der Waals surface area contributed by atoms with Gasteiger partial charge in [0, 0.05) is 16.4 Å². The van der Waals surface area contributed by atoms with Crippen LogP contribution in [0.1, 0.15) is 31.2 Å². The van der Waals surface area contributed by atoms with Crippen molar-refractivity contribution in [1.82, 2.24) is 0 Å². The number of rotatable bonds is 5. The monoisotopic (exact) mass is 388 g/mol. The smallest absolute Gasteiger partial charge is 0.306 e. The first-order chi connectivity index (χ1) is 9.56. The molecule has 108 valence electrons. The molecule has 20 heavy (non-hydrogen) atoms. The Labute approximate surface area is 131 Å². The van der Waals surface area contributed by atoms with Crippen molar-refractivity contribution in [2.75, 3.05) is 0 Å². The van der Waals surface area contributed by atoms with E-state index in [0.29, 0.717) is 19.3 Å². The van der Waals surface area contributed by atoms with Crippen LogP contribution in [0, 0.1) is 3.57 Å². The van der Waals surface area contributed by atoms with Gasteiger partial charge in [-0.2, -0.15) is 0 Å². The fourth-order valence-electron chi connectivity index (χ4n) is 2.23. The molecule has 1 saturated carbocycles. The molecule has 0 aromatic heterocycles. The zero-order chi connectivity index (χ0) is 14.5. The summed E-state index contributed by atoms with van der Waals surface area (Å²) in [4.78, 5) is 23.1. The Hall–Kier alpha value is -0.950. The van der Waals surface area contributed by atoms with E-state index in [1.807, 2.05) is 24.3 Å². The zero-order valence-electron chi connectivity index (χ0n) is 11.0. The predicted molar refractivity (Wildman–Crippen MR) is 82.2 cm³/mol. The summed E-state index contributed by atoms with van der Waals surface area (Å²) in [6.07, 6.45) is 0.649. The maximum Gasteiger partial charge on any atom is 0.306 e. The number of carbonyl (C=O) groups excluding carboxylic acids is 2. The molecule has 0 bridgehead atoms. The first kappa shape index (κ1) is 15.4. The molecule has 0 aliphatic heterocycles. The highest BCUT2D eigenvalue weighted by atomic mass is 127. The summed E-state index contributed by atoms with van der Waals surface area (Å²) >= 11 is 2.25. The molecule has 1 aliphatic carbocycles. The number of carbonyl (C=O) groups is 2. The minimum absolute atomic E-state index is 0.177. The summed E-state index contributed by atoms with van der Waals surface area (Å²) in [7, 11) is 0. The summed E-state index contributed by atoms with van der Waals surface area (Å²) in [6.45, 7) is 0. The molecule has 0 radical (unpaired) electrons. The van der Waals surface area contributed by atoms with Gasteiger partial charge in [-0.1, -0.05) is 12.1 Å². The van der Waals surface area contributed by atoms with Gasteiger partial charge in [-0.15, -0.1) is 0 Å². The maximum absolute atomic E-state index is 11.6. The molecule has 2 atom stereocenters. The van der Waals surface area contributed by atoms with Crippen molar-refractivity contribution in [3.63, 3.8) is 0 Å². The third-order valence-electron chi connectivity index (χ3n) is 3.37. The number of aryl methyl sites for hydroxylation is 1. The highest BCUT2D eigenvalue weighted by molar-refractivity contribution is 14.1. The van der Waals surface area contributed by atoms with E-state index in [4.69, 9.17) is 4.74 Å². The number of hydrogen-bond acceptors (Lipinski definition) is 4. The maximum atomic E-state index is 11.6. The Balaban J connectivity index is 1.72. The number of benzene rings is 1. The van der Waals surface area contributed by atoms with Gasteiger partial charge in [0.1, 0.15) is 0 Å². The van der Waals surface area contributed by atoms with E-state index >= 15 is 0 Å². The van der Waals surface area contributed by atoms with Gasteiger partial charge in [-0.3, -0.25) is 9.59 Å². The Morgan fingerprint density at radius 3 is 2.65 bits per heavy atom. The minimum atomic E-state index is -0.944. The lowest BCUT2D eigenvalue weighted by Gasteiger charge is -2.14. The van der Waals surface area contributed by atoms with E-state index in [2.05, 4.69) is 22.6 Å². The van der Waals surface area contributed by atoms with Crippen LogP contribution in [0.2, 0.25) is 0 Å². The largest absolute Gasteiger partial charge is 0.452 e. The van der Waals surface area contributed by atoms with Crippen molar-refractivity contribution >= 4 is 34.3 Å². The fraction of sp³-hybridized carbons (Fsp3) is 0.467. The second kappa shape index (κ2) is 7.17. The van der Waals surface area contributed by atoms with Crippen molar-refractivity contribution < 1.29 is 19.4 Å². The lowest BCUT2D eigenvalue weighted by atomic mass is 10.1. The van der Waals surface area contributed by atoms with Crippen LogP contribution in [-0.2, 0) is 20.7 Å². The number of ketones is 1. The van der Waals surface area contributed by atoms with Crippen molar-refractivity contribution in [3.8, 4) is 0 Å². The Kier molecular flexibility index (Phi) is 5.54. The van der Waals surface area contributed by atoms with Crippen LogP contribution >= 0.6 is 22.6 Å². The number of hydrogen-bond donors (Lipinski definition) is 1. The van der Waals surface area contributed by atoms with Crippen LogP contribution in [0.3, 0.4) is 0 Å². The summed E-state index contributed by atoms with van der Waals surface area (Å²) < 4.78 is 6.23. The average Bonchev–Trinajstić information content (AvgIpc) is 2.73. The average molecular weight is 388 g/mol. The second-order valence-electron chi connectivity index (χ2n) is 4.96. The quantitative estimate of drug-likeness (QED) is 0.621. The van der Waals surface area contributed by atoms with Gasteiger partial charge in [0.05, 0.1) is 6.10 Å². The van der Waals surface area contributed by atoms with E-state index in [-0.39, 0.29) is 12.2 Å². The molecule has 1 N–H and O–H groups in total. The molecule has 0 spiro atoms. The van der Waals surface area contributed by atoms with Crippen molar-refractivity contribution in [2.45, 2.75) is 44.3 Å². The summed E-state index contributed by atoms with van der Waals surface area (Å²) in [5, 5.41) is 9.54. The number of Topliss-reactive ketones (excluding diaryl/α,β-unsaturated/α-hetero) is 1. The van der Waals surface area contributed by atoms with Gasteiger partial charge < -0.3 is 9.84 Å². The summed E-state index contributed by atoms with van der Waals surface area (Å²) in [6, 6.07) is 8.14. The van der Waals surface area contributed by atoms with Gasteiger partial charge in [-0.05, 0) is 59.5 Å². The minimum Gasteiger partial charge on any atom is -0.452 e. The van der Waals surface area contributed by atoms with E-state index in [0.717, 1.165) is 6.42 Å². The highest BCUT2D eigenvalue weighted by Crippen LogP contribution is 2.19. The standard InChI is InChI=1S/C15H17IO4/c16-11-6-4-10(5-7-11)2-1-3-14(19)20-15-12(17)8-9-13(15)18/h4-7,12,15,17H,1-3,8-9H2. The molecule has 1 fully saturated rings. The molecule has 1 aromatic carbocycles. The van der Waals surface area contributed by atoms with Gasteiger partial charge in [-0.25, -0.2) is 0 Å². The Bertz CT molecular complexity index is 483. The molecular formula is C15H17IO4. The van der Waals surface area contributed by atoms with Crippen molar-refractivity contribution in [2.24, 2.45) is 0 Å². The number of esters is 1. The molecule has 4 nitrogen and oxygen atoms in total. The highest BCUT2D eigenvalue weighted by Gasteiger charge is 2.36. The van der Waals surface area contributed by atoms with Gasteiger partial charge in [0.25, 0.3) is 0 Å². The van der Waals surface area contributed by atoms with Gasteiger partial charge in [0.15, 0.2) is 11.9 Å². The predicted octanol–water partition coefficient (Wildman–Crippen LogP) is 2.25. The fourth-order valence-corrected chi connectivity index (χ4v) is 2.59. The van der Waals surface area contributed by atoms with Crippen LogP contribution < -0.4 is 0 Å². The second-order valence-corrected chi connectivity index (χ2v) is 6.21. The zero-order valence-corrected chi connectivity index (χ0v) is 13.2. The van der Waals surface area contributed by atoms with Crippen molar-refractivity contribution in [3.05, 3.63) is 33.4 Å². The van der Waals surface area contributed by atoms with Gasteiger partial charge >= 0.3 is 5.97 Å². The van der Waals surface area contributed by atoms with E-state index in [1.54, 1.807) is 0 Å². The normalized spacial score (nSPS) is 22.0. The number of halogens is 1. The lowest BCUT2D eigenvalue weighted by Crippen LogP contribution is -2.31. The number of ether oxygens (including phenoxy) is 1. The van der Waals surface area contributed by atoms with Gasteiger partial charge in [0.2, 0.25) is 0 Å². The third kappa shape index (κ3) is 4.28. The van der Waals surface area contributed by atoms with E-state index < -0.39 is 18.2 Å². The van der Waals surface area contributed by atoms with E-state index in [9.17, 15) is 14.7 Å². The molecule has 0 amide bonds. The molecule has 2 rings (SSSR count). The summed E-state index contributed by atoms with van der Waals surface area (Å²) in [5.74, 6) is -0.585. The summed E-state index contributed by atoms with van der Waals surface area (Å²) in [5.41, 5.74) is 1.18. The molecule has 0 saturated heterocycles. The number of aliphatic hydroxyl groups is 1. The molecule has 2 unspecified atom stereocenters. The van der Waals surface area contributed by atoms with E-state index in [1.165, 1.54) is 9.13 Å². The first-order valence-electron chi connectivity index (χ1n) is 6.71. The Morgan fingerprint density at radius 2 is 2.05 bits per heavy atom. The Morgan fingerprint density at radius 1 is 1.35 bits per heavy atom. The first-order valence-corrected chi connectivity index (χ1v) is 7.79. The molecular weight excluding hydrogens is 371 g/mol. The molecule has 0 heterocycles. The lowest BCUT2D eigenvalue weighted by molar-refractivity contribution is -0.158.